The molecule has 0 aliphatic rings. The summed E-state index contributed by atoms with van der Waals surface area (Å²) in [6.45, 7) is 2.02. The smallest absolute Gasteiger partial charge is 0.222 e. The molecule has 0 fully saturated rings. The number of aliphatic imine (C=N–C) groups is 1. The van der Waals surface area contributed by atoms with Crippen LogP contribution >= 0.6 is 11.3 Å². The van der Waals surface area contributed by atoms with Gasteiger partial charge in [0.05, 0.1) is 0 Å². The molecule has 1 aromatic carbocycles. The SMILES string of the molecule is CN=C(NCCC(=O)NCc1ccccc1)N(C)CCc1cccs1. The van der Waals surface area contributed by atoms with Crippen molar-refractivity contribution in [3.8, 4) is 0 Å². The summed E-state index contributed by atoms with van der Waals surface area (Å²) in [5, 5.41) is 8.27. The summed E-state index contributed by atoms with van der Waals surface area (Å²) in [6, 6.07) is 14.1. The first-order chi connectivity index (χ1) is 12.2. The molecule has 0 radical (unpaired) electrons. The van der Waals surface area contributed by atoms with Crippen molar-refractivity contribution in [1.82, 2.24) is 15.5 Å². The van der Waals surface area contributed by atoms with E-state index >= 15 is 0 Å². The van der Waals surface area contributed by atoms with Crippen LogP contribution in [0.3, 0.4) is 0 Å². The number of likely N-dealkylation sites (N-methyl/N-ethyl adjacent to an activating group) is 1. The third-order valence-electron chi connectivity index (χ3n) is 3.81. The molecule has 0 aliphatic heterocycles. The Morgan fingerprint density at radius 2 is 1.96 bits per heavy atom. The maximum absolute atomic E-state index is 11.9. The van der Waals surface area contributed by atoms with E-state index in [0.29, 0.717) is 19.5 Å². The predicted molar refractivity (Wildman–Crippen MR) is 105 cm³/mol. The molecule has 0 spiro atoms. The molecule has 0 aliphatic carbocycles. The Morgan fingerprint density at radius 3 is 2.64 bits per heavy atom. The lowest BCUT2D eigenvalue weighted by atomic mass is 10.2. The summed E-state index contributed by atoms with van der Waals surface area (Å²) < 4.78 is 0. The number of amides is 1. The zero-order valence-electron chi connectivity index (χ0n) is 14.9. The molecule has 2 aromatic rings. The first-order valence-corrected chi connectivity index (χ1v) is 9.32. The van der Waals surface area contributed by atoms with Gasteiger partial charge in [0.15, 0.2) is 5.96 Å². The first-order valence-electron chi connectivity index (χ1n) is 8.44. The number of carbonyl (C=O) groups excluding carboxylic acids is 1. The molecular weight excluding hydrogens is 332 g/mol. The number of guanidine groups is 1. The van der Waals surface area contributed by atoms with Crippen molar-refractivity contribution in [2.45, 2.75) is 19.4 Å². The number of benzene rings is 1. The minimum absolute atomic E-state index is 0.0352. The molecule has 0 bridgehead atoms. The Morgan fingerprint density at radius 1 is 1.16 bits per heavy atom. The molecular formula is C19H26N4OS. The largest absolute Gasteiger partial charge is 0.356 e. The van der Waals surface area contributed by atoms with E-state index in [9.17, 15) is 4.79 Å². The van der Waals surface area contributed by atoms with Crippen LogP contribution < -0.4 is 10.6 Å². The topological polar surface area (TPSA) is 56.7 Å². The summed E-state index contributed by atoms with van der Waals surface area (Å²) in [7, 11) is 3.78. The average molecular weight is 359 g/mol. The van der Waals surface area contributed by atoms with Gasteiger partial charge in [0, 0.05) is 45.0 Å². The van der Waals surface area contributed by atoms with Crippen molar-refractivity contribution in [2.24, 2.45) is 4.99 Å². The van der Waals surface area contributed by atoms with E-state index in [1.165, 1.54) is 4.88 Å². The monoisotopic (exact) mass is 358 g/mol. The van der Waals surface area contributed by atoms with Gasteiger partial charge in [-0.1, -0.05) is 36.4 Å². The lowest BCUT2D eigenvalue weighted by Gasteiger charge is -2.21. The van der Waals surface area contributed by atoms with Gasteiger partial charge in [0.2, 0.25) is 5.91 Å². The molecule has 0 saturated carbocycles. The van der Waals surface area contributed by atoms with Crippen LogP contribution in [0.15, 0.2) is 52.8 Å². The van der Waals surface area contributed by atoms with Crippen LogP contribution in [0.1, 0.15) is 16.9 Å². The van der Waals surface area contributed by atoms with E-state index in [0.717, 1.165) is 24.5 Å². The van der Waals surface area contributed by atoms with E-state index in [2.05, 4.69) is 38.0 Å². The van der Waals surface area contributed by atoms with E-state index < -0.39 is 0 Å². The quantitative estimate of drug-likeness (QED) is 0.563. The second-order valence-corrected chi connectivity index (χ2v) is 6.77. The highest BCUT2D eigenvalue weighted by Crippen LogP contribution is 2.09. The Balaban J connectivity index is 1.65. The second-order valence-electron chi connectivity index (χ2n) is 5.74. The van der Waals surface area contributed by atoms with Gasteiger partial charge < -0.3 is 15.5 Å². The highest BCUT2D eigenvalue weighted by Gasteiger charge is 2.07. The number of carbonyl (C=O) groups is 1. The summed E-state index contributed by atoms with van der Waals surface area (Å²) in [5.74, 6) is 0.848. The van der Waals surface area contributed by atoms with Gasteiger partial charge in [-0.25, -0.2) is 0 Å². The minimum atomic E-state index is 0.0352. The van der Waals surface area contributed by atoms with Crippen LogP contribution in [-0.4, -0.2) is 44.0 Å². The molecule has 2 N–H and O–H groups in total. The molecule has 0 unspecified atom stereocenters. The van der Waals surface area contributed by atoms with Crippen molar-refractivity contribution in [3.63, 3.8) is 0 Å². The third kappa shape index (κ3) is 6.97. The zero-order valence-corrected chi connectivity index (χ0v) is 15.7. The molecule has 5 nitrogen and oxygen atoms in total. The second kappa shape index (κ2) is 10.5. The molecule has 6 heteroatoms. The van der Waals surface area contributed by atoms with Crippen molar-refractivity contribution < 1.29 is 4.79 Å². The van der Waals surface area contributed by atoms with Crippen LogP contribution in [0.5, 0.6) is 0 Å². The third-order valence-corrected chi connectivity index (χ3v) is 4.75. The molecule has 1 heterocycles. The lowest BCUT2D eigenvalue weighted by molar-refractivity contribution is -0.121. The lowest BCUT2D eigenvalue weighted by Crippen LogP contribution is -2.41. The van der Waals surface area contributed by atoms with Crippen molar-refractivity contribution >= 4 is 23.2 Å². The van der Waals surface area contributed by atoms with Gasteiger partial charge in [-0.15, -0.1) is 11.3 Å². The van der Waals surface area contributed by atoms with Gasteiger partial charge in [0.25, 0.3) is 0 Å². The number of nitrogens with one attached hydrogen (secondary N) is 2. The molecule has 25 heavy (non-hydrogen) atoms. The Kier molecular flexibility index (Phi) is 7.98. The fourth-order valence-corrected chi connectivity index (χ4v) is 3.09. The molecule has 1 aromatic heterocycles. The number of hydrogen-bond acceptors (Lipinski definition) is 3. The van der Waals surface area contributed by atoms with E-state index in [-0.39, 0.29) is 5.91 Å². The van der Waals surface area contributed by atoms with Crippen molar-refractivity contribution in [2.75, 3.05) is 27.2 Å². The van der Waals surface area contributed by atoms with Crippen molar-refractivity contribution in [3.05, 3.63) is 58.3 Å². The van der Waals surface area contributed by atoms with Crippen LogP contribution in [0.2, 0.25) is 0 Å². The average Bonchev–Trinajstić information content (AvgIpc) is 3.16. The summed E-state index contributed by atoms with van der Waals surface area (Å²) >= 11 is 1.77. The van der Waals surface area contributed by atoms with Crippen LogP contribution in [0.25, 0.3) is 0 Å². The fourth-order valence-electron chi connectivity index (χ4n) is 2.40. The van der Waals surface area contributed by atoms with Gasteiger partial charge in [0.1, 0.15) is 0 Å². The van der Waals surface area contributed by atoms with Crippen molar-refractivity contribution in [1.29, 1.82) is 0 Å². The van der Waals surface area contributed by atoms with E-state index in [1.54, 1.807) is 18.4 Å². The number of thiophene rings is 1. The molecule has 0 atom stereocenters. The van der Waals surface area contributed by atoms with E-state index in [4.69, 9.17) is 0 Å². The highest BCUT2D eigenvalue weighted by atomic mass is 32.1. The van der Waals surface area contributed by atoms with Crippen LogP contribution in [0.4, 0.5) is 0 Å². The first kappa shape index (κ1) is 19.0. The number of hydrogen-bond donors (Lipinski definition) is 2. The minimum Gasteiger partial charge on any atom is -0.356 e. The highest BCUT2D eigenvalue weighted by molar-refractivity contribution is 7.09. The normalized spacial score (nSPS) is 11.2. The van der Waals surface area contributed by atoms with Crippen LogP contribution in [-0.2, 0) is 17.8 Å². The van der Waals surface area contributed by atoms with Crippen LogP contribution in [0, 0.1) is 0 Å². The summed E-state index contributed by atoms with van der Waals surface area (Å²) in [5.41, 5.74) is 1.10. The molecule has 0 saturated heterocycles. The molecule has 2 rings (SSSR count). The van der Waals surface area contributed by atoms with Gasteiger partial charge in [-0.3, -0.25) is 9.79 Å². The fraction of sp³-hybridized carbons (Fsp3) is 0.368. The molecule has 134 valence electrons. The number of rotatable bonds is 8. The summed E-state index contributed by atoms with van der Waals surface area (Å²) in [4.78, 5) is 19.7. The standard InChI is InChI=1S/C19H26N4OS/c1-20-19(23(2)13-11-17-9-6-14-25-17)21-12-10-18(24)22-15-16-7-4-3-5-8-16/h3-9,14H,10-13,15H2,1-2H3,(H,20,21)(H,22,24). The van der Waals surface area contributed by atoms with Gasteiger partial charge in [-0.05, 0) is 23.4 Å². The Labute approximate surface area is 153 Å². The molecule has 1 amide bonds. The maximum atomic E-state index is 11.9. The van der Waals surface area contributed by atoms with E-state index in [1.807, 2.05) is 37.4 Å². The van der Waals surface area contributed by atoms with Gasteiger partial charge in [-0.2, -0.15) is 0 Å². The zero-order chi connectivity index (χ0) is 17.9. The Bertz CT molecular complexity index is 655. The number of nitrogens with zero attached hydrogens (tertiary/aromatic N) is 2. The Hall–Kier alpha value is -2.34. The van der Waals surface area contributed by atoms with Gasteiger partial charge >= 0.3 is 0 Å². The maximum Gasteiger partial charge on any atom is 0.222 e. The predicted octanol–water partition coefficient (Wildman–Crippen LogP) is 2.50. The summed E-state index contributed by atoms with van der Waals surface area (Å²) in [6.07, 6.45) is 1.41.